The van der Waals surface area contributed by atoms with Crippen molar-refractivity contribution in [3.8, 4) is 5.88 Å². The van der Waals surface area contributed by atoms with Crippen LogP contribution in [0.4, 0.5) is 5.95 Å². The molecule has 8 nitrogen and oxygen atoms in total. The van der Waals surface area contributed by atoms with E-state index < -0.39 is 0 Å². The summed E-state index contributed by atoms with van der Waals surface area (Å²) in [5, 5.41) is 6.44. The number of guanidine groups is 1. The Balaban J connectivity index is 1.56. The molecule has 0 radical (unpaired) electrons. The van der Waals surface area contributed by atoms with Gasteiger partial charge in [-0.25, -0.2) is 9.98 Å². The maximum absolute atomic E-state index is 5.24. The van der Waals surface area contributed by atoms with Gasteiger partial charge < -0.3 is 20.1 Å². The zero-order valence-corrected chi connectivity index (χ0v) is 15.8. The van der Waals surface area contributed by atoms with E-state index in [1.807, 2.05) is 0 Å². The molecule has 3 rings (SSSR count). The van der Waals surface area contributed by atoms with Crippen molar-refractivity contribution in [3.05, 3.63) is 47.7 Å². The van der Waals surface area contributed by atoms with Crippen LogP contribution in [0.5, 0.6) is 5.88 Å². The number of rotatable bonds is 6. The molecule has 0 saturated heterocycles. The van der Waals surface area contributed by atoms with Crippen LogP contribution in [0.2, 0.25) is 0 Å². The minimum atomic E-state index is 0.267. The first kappa shape index (κ1) is 18.6. The van der Waals surface area contributed by atoms with Crippen LogP contribution in [0.1, 0.15) is 24.5 Å². The van der Waals surface area contributed by atoms with Gasteiger partial charge in [0.15, 0.2) is 5.90 Å². The molecule has 27 heavy (non-hydrogen) atoms. The summed E-state index contributed by atoms with van der Waals surface area (Å²) in [5.41, 5.74) is 2.24. The molecule has 8 heteroatoms. The number of anilines is 1. The molecule has 2 heterocycles. The molecule has 0 aliphatic carbocycles. The third kappa shape index (κ3) is 5.40. The fourth-order valence-corrected chi connectivity index (χ4v) is 2.59. The van der Waals surface area contributed by atoms with Gasteiger partial charge in [0.25, 0.3) is 0 Å². The summed E-state index contributed by atoms with van der Waals surface area (Å²) in [6, 6.07) is 10.2. The third-order valence-corrected chi connectivity index (χ3v) is 4.05. The molecule has 0 fully saturated rings. The van der Waals surface area contributed by atoms with Gasteiger partial charge in [0.1, 0.15) is 0 Å². The first-order chi connectivity index (χ1) is 13.2. The van der Waals surface area contributed by atoms with Gasteiger partial charge in [-0.05, 0) is 18.1 Å². The Labute approximate surface area is 158 Å². The molecule has 1 aromatic carbocycles. The topological polar surface area (TPSA) is 93.0 Å². The number of aliphatic imine (C=N–C) groups is 2. The predicted molar refractivity (Wildman–Crippen MR) is 105 cm³/mol. The van der Waals surface area contributed by atoms with Crippen LogP contribution in [0.3, 0.4) is 0 Å². The normalized spacial score (nSPS) is 17.8. The fraction of sp³-hybridized carbons (Fsp3) is 0.368. The van der Waals surface area contributed by atoms with Gasteiger partial charge in [0.05, 0.1) is 20.8 Å². The Morgan fingerprint density at radius 1 is 1.15 bits per heavy atom. The summed E-state index contributed by atoms with van der Waals surface area (Å²) < 4.78 is 10.3. The summed E-state index contributed by atoms with van der Waals surface area (Å²) in [7, 11) is 3.22. The second-order valence-corrected chi connectivity index (χ2v) is 6.19. The van der Waals surface area contributed by atoms with Gasteiger partial charge >= 0.3 is 0 Å². The van der Waals surface area contributed by atoms with E-state index in [2.05, 4.69) is 61.8 Å². The number of benzene rings is 1. The Morgan fingerprint density at radius 2 is 1.93 bits per heavy atom. The van der Waals surface area contributed by atoms with Crippen molar-refractivity contribution >= 4 is 17.8 Å². The standard InChI is InChI=1S/C19H24N6O2/c1-13-10-17(27-3)25-19(23-13)22-12-15-6-4-14(5-7-15)11-21-18-20-9-8-16(24-18)26-2/h4-9,13H,10-12H2,1-3H3,(H,22,23)(H,20,21,24). The van der Waals surface area contributed by atoms with Crippen molar-refractivity contribution in [3.63, 3.8) is 0 Å². The van der Waals surface area contributed by atoms with E-state index in [-0.39, 0.29) is 6.04 Å². The van der Waals surface area contributed by atoms with Crippen LogP contribution in [-0.2, 0) is 17.8 Å². The fourth-order valence-electron chi connectivity index (χ4n) is 2.59. The lowest BCUT2D eigenvalue weighted by atomic mass is 10.1. The number of nitrogens with zero attached hydrogens (tertiary/aromatic N) is 4. The maximum atomic E-state index is 5.24. The van der Waals surface area contributed by atoms with E-state index in [1.54, 1.807) is 26.5 Å². The van der Waals surface area contributed by atoms with Crippen LogP contribution < -0.4 is 15.4 Å². The summed E-state index contributed by atoms with van der Waals surface area (Å²) >= 11 is 0. The highest BCUT2D eigenvalue weighted by atomic mass is 16.5. The van der Waals surface area contributed by atoms with Crippen molar-refractivity contribution in [2.24, 2.45) is 9.98 Å². The largest absolute Gasteiger partial charge is 0.484 e. The zero-order chi connectivity index (χ0) is 19.1. The van der Waals surface area contributed by atoms with Crippen molar-refractivity contribution in [2.75, 3.05) is 19.5 Å². The lowest BCUT2D eigenvalue weighted by molar-refractivity contribution is 0.379. The second-order valence-electron chi connectivity index (χ2n) is 6.19. The van der Waals surface area contributed by atoms with Gasteiger partial charge in [-0.2, -0.15) is 9.98 Å². The number of aromatic nitrogens is 2. The first-order valence-corrected chi connectivity index (χ1v) is 8.77. The smallest absolute Gasteiger partial charge is 0.226 e. The summed E-state index contributed by atoms with van der Waals surface area (Å²) in [4.78, 5) is 17.3. The molecule has 2 aromatic rings. The monoisotopic (exact) mass is 368 g/mol. The van der Waals surface area contributed by atoms with Crippen LogP contribution in [0.25, 0.3) is 0 Å². The molecule has 2 N–H and O–H groups in total. The summed E-state index contributed by atoms with van der Waals surface area (Å²) in [6.07, 6.45) is 2.43. The molecule has 142 valence electrons. The van der Waals surface area contributed by atoms with Crippen molar-refractivity contribution in [1.82, 2.24) is 15.3 Å². The van der Waals surface area contributed by atoms with Crippen LogP contribution in [0, 0.1) is 0 Å². The van der Waals surface area contributed by atoms with Gasteiger partial charge in [-0.15, -0.1) is 0 Å². The Morgan fingerprint density at radius 3 is 2.67 bits per heavy atom. The minimum absolute atomic E-state index is 0.267. The van der Waals surface area contributed by atoms with E-state index in [0.717, 1.165) is 17.5 Å². The Kier molecular flexibility index (Phi) is 6.19. The molecule has 1 aliphatic heterocycles. The van der Waals surface area contributed by atoms with Crippen molar-refractivity contribution in [2.45, 2.75) is 32.5 Å². The molecule has 0 saturated carbocycles. The highest BCUT2D eigenvalue weighted by Gasteiger charge is 2.16. The predicted octanol–water partition coefficient (Wildman–Crippen LogP) is 2.38. The quantitative estimate of drug-likeness (QED) is 0.813. The molecular formula is C19H24N6O2. The van der Waals surface area contributed by atoms with Gasteiger partial charge in [-0.1, -0.05) is 24.3 Å². The van der Waals surface area contributed by atoms with E-state index in [4.69, 9.17) is 9.47 Å². The molecule has 1 aliphatic rings. The minimum Gasteiger partial charge on any atom is -0.484 e. The summed E-state index contributed by atoms with van der Waals surface area (Å²) in [5.74, 6) is 2.40. The Hall–Kier alpha value is -3.16. The van der Waals surface area contributed by atoms with Crippen LogP contribution in [0.15, 0.2) is 46.5 Å². The molecule has 0 amide bonds. The Bertz CT molecular complexity index is 819. The molecule has 1 unspecified atom stereocenters. The lowest BCUT2D eigenvalue weighted by Gasteiger charge is -2.20. The van der Waals surface area contributed by atoms with E-state index in [1.165, 1.54) is 0 Å². The number of hydrogen-bond acceptors (Lipinski definition) is 6. The van der Waals surface area contributed by atoms with E-state index >= 15 is 0 Å². The van der Waals surface area contributed by atoms with Crippen LogP contribution >= 0.6 is 0 Å². The second kappa shape index (κ2) is 8.98. The number of methoxy groups -OCH3 is 2. The average molecular weight is 368 g/mol. The van der Waals surface area contributed by atoms with Crippen molar-refractivity contribution in [1.29, 1.82) is 0 Å². The lowest BCUT2D eigenvalue weighted by Crippen LogP contribution is -2.38. The average Bonchev–Trinajstić information content (AvgIpc) is 2.71. The van der Waals surface area contributed by atoms with E-state index in [0.29, 0.717) is 36.8 Å². The molecule has 1 aromatic heterocycles. The molecule has 1 atom stereocenters. The first-order valence-electron chi connectivity index (χ1n) is 8.77. The summed E-state index contributed by atoms with van der Waals surface area (Å²) in [6.45, 7) is 3.27. The highest BCUT2D eigenvalue weighted by Crippen LogP contribution is 2.11. The molecule has 0 bridgehead atoms. The van der Waals surface area contributed by atoms with Gasteiger partial charge in [-0.3, -0.25) is 0 Å². The van der Waals surface area contributed by atoms with Crippen LogP contribution in [-0.4, -0.2) is 42.1 Å². The number of ether oxygens (including phenoxy) is 2. The third-order valence-electron chi connectivity index (χ3n) is 4.05. The maximum Gasteiger partial charge on any atom is 0.226 e. The SMILES string of the molecule is COC1=NC(=NCc2ccc(CNc3nccc(OC)n3)cc2)NC(C)C1. The van der Waals surface area contributed by atoms with Gasteiger partial charge in [0, 0.05) is 31.3 Å². The molecule has 0 spiro atoms. The zero-order valence-electron chi connectivity index (χ0n) is 15.8. The van der Waals surface area contributed by atoms with Crippen molar-refractivity contribution < 1.29 is 9.47 Å². The molecular weight excluding hydrogens is 344 g/mol. The number of nitrogens with one attached hydrogen (secondary N) is 2. The highest BCUT2D eigenvalue weighted by molar-refractivity contribution is 5.96. The van der Waals surface area contributed by atoms with E-state index in [9.17, 15) is 0 Å². The number of hydrogen-bond donors (Lipinski definition) is 2. The van der Waals surface area contributed by atoms with Gasteiger partial charge in [0.2, 0.25) is 17.8 Å².